The summed E-state index contributed by atoms with van der Waals surface area (Å²) in [5, 5.41) is 2.15. The fourth-order valence-corrected chi connectivity index (χ4v) is 4.45. The van der Waals surface area contributed by atoms with Crippen LogP contribution < -0.4 is 0 Å². The van der Waals surface area contributed by atoms with Crippen molar-refractivity contribution in [2.75, 3.05) is 6.26 Å². The minimum Gasteiger partial charge on any atom is -0.332 e. The molecule has 0 unspecified atom stereocenters. The van der Waals surface area contributed by atoms with Crippen molar-refractivity contribution >= 4 is 55.9 Å². The van der Waals surface area contributed by atoms with E-state index in [1.54, 1.807) is 29.4 Å². The van der Waals surface area contributed by atoms with Crippen molar-refractivity contribution in [1.29, 1.82) is 0 Å². The number of hydrogen-bond donors (Lipinski definition) is 0. The molecule has 7 heteroatoms. The fraction of sp³-hybridized carbons (Fsp3) is 0.182. The van der Waals surface area contributed by atoms with Crippen molar-refractivity contribution in [1.82, 2.24) is 19.5 Å². The molecule has 0 aliphatic rings. The van der Waals surface area contributed by atoms with E-state index in [9.17, 15) is 0 Å². The lowest BCUT2D eigenvalue weighted by Crippen LogP contribution is -1.88. The molecule has 0 radical (unpaired) electrons. The number of nitrogens with zero attached hydrogens (tertiary/aromatic N) is 4. The maximum absolute atomic E-state index is 4.34. The highest BCUT2D eigenvalue weighted by atomic mass is 127. The van der Waals surface area contributed by atoms with Crippen LogP contribution in [-0.2, 0) is 7.05 Å². The van der Waals surface area contributed by atoms with Gasteiger partial charge in [0, 0.05) is 12.4 Å². The molecule has 3 aromatic rings. The Labute approximate surface area is 126 Å². The summed E-state index contributed by atoms with van der Waals surface area (Å²) in [5.41, 5.74) is 1.14. The van der Waals surface area contributed by atoms with Crippen molar-refractivity contribution in [3.8, 4) is 10.6 Å². The van der Waals surface area contributed by atoms with Gasteiger partial charge >= 0.3 is 0 Å². The van der Waals surface area contributed by atoms with Gasteiger partial charge in [0.2, 0.25) is 0 Å². The molecule has 0 atom stereocenters. The first-order chi connectivity index (χ1) is 8.70. The van der Waals surface area contributed by atoms with E-state index in [4.69, 9.17) is 0 Å². The zero-order valence-electron chi connectivity index (χ0n) is 9.72. The van der Waals surface area contributed by atoms with Gasteiger partial charge in [-0.2, -0.15) is 0 Å². The number of aryl methyl sites for hydroxylation is 1. The zero-order valence-corrected chi connectivity index (χ0v) is 13.5. The Hall–Kier alpha value is -0.670. The van der Waals surface area contributed by atoms with E-state index < -0.39 is 0 Å². The second-order valence-corrected chi connectivity index (χ2v) is 6.55. The van der Waals surface area contributed by atoms with Crippen molar-refractivity contribution in [2.24, 2.45) is 7.05 Å². The third-order valence-electron chi connectivity index (χ3n) is 2.61. The van der Waals surface area contributed by atoms with Crippen molar-refractivity contribution < 1.29 is 0 Å². The molecule has 0 fully saturated rings. The first-order valence-corrected chi connectivity index (χ1v) is 8.28. The molecular weight excluding hydrogens is 379 g/mol. The summed E-state index contributed by atoms with van der Waals surface area (Å²) in [5.74, 6) is 0. The van der Waals surface area contributed by atoms with Crippen LogP contribution in [0.1, 0.15) is 0 Å². The van der Waals surface area contributed by atoms with Gasteiger partial charge in [0.05, 0.1) is 16.9 Å². The summed E-state index contributed by atoms with van der Waals surface area (Å²) in [4.78, 5) is 15.2. The van der Waals surface area contributed by atoms with Gasteiger partial charge in [0.15, 0.2) is 0 Å². The number of rotatable bonds is 2. The Morgan fingerprint density at radius 3 is 2.83 bits per heavy atom. The summed E-state index contributed by atoms with van der Waals surface area (Å²) in [6.45, 7) is 0. The van der Waals surface area contributed by atoms with E-state index >= 15 is 0 Å². The van der Waals surface area contributed by atoms with E-state index in [1.165, 1.54) is 4.88 Å². The van der Waals surface area contributed by atoms with Crippen LogP contribution in [-0.4, -0.2) is 25.8 Å². The lowest BCUT2D eigenvalue weighted by Gasteiger charge is -1.98. The maximum Gasteiger partial charge on any atom is 0.128 e. The molecule has 0 amide bonds. The number of hydrogen-bond acceptors (Lipinski definition) is 5. The van der Waals surface area contributed by atoms with Gasteiger partial charge in [-0.05, 0) is 34.9 Å². The molecule has 3 aromatic heterocycles. The van der Waals surface area contributed by atoms with Crippen LogP contribution >= 0.6 is 45.7 Å². The second-order valence-electron chi connectivity index (χ2n) is 3.71. The topological polar surface area (TPSA) is 43.6 Å². The third-order valence-corrected chi connectivity index (χ3v) is 5.16. The van der Waals surface area contributed by atoms with Gasteiger partial charge in [0.1, 0.15) is 19.9 Å². The monoisotopic (exact) mass is 388 g/mol. The number of imidazole rings is 1. The highest BCUT2D eigenvalue weighted by molar-refractivity contribution is 14.1. The van der Waals surface area contributed by atoms with Crippen LogP contribution in [0.25, 0.3) is 20.8 Å². The van der Waals surface area contributed by atoms with Crippen molar-refractivity contribution in [3.05, 3.63) is 22.4 Å². The van der Waals surface area contributed by atoms with Crippen LogP contribution in [0.4, 0.5) is 0 Å². The molecule has 0 saturated heterocycles. The van der Waals surface area contributed by atoms with E-state index in [-0.39, 0.29) is 0 Å². The van der Waals surface area contributed by atoms with Crippen LogP contribution in [0.15, 0.2) is 23.7 Å². The predicted octanol–water partition coefficient (Wildman–Crippen LogP) is 3.42. The Morgan fingerprint density at radius 1 is 1.33 bits per heavy atom. The molecule has 0 bridgehead atoms. The van der Waals surface area contributed by atoms with Gasteiger partial charge in [0.25, 0.3) is 0 Å². The average molecular weight is 388 g/mol. The van der Waals surface area contributed by atoms with Crippen LogP contribution in [0.3, 0.4) is 0 Å². The molecule has 18 heavy (non-hydrogen) atoms. The van der Waals surface area contributed by atoms with Gasteiger partial charge in [-0.1, -0.05) is 0 Å². The molecule has 0 aliphatic heterocycles. The summed E-state index contributed by atoms with van der Waals surface area (Å²) < 4.78 is 3.05. The smallest absolute Gasteiger partial charge is 0.128 e. The minimum absolute atomic E-state index is 1.01. The molecule has 3 rings (SSSR count). The molecule has 0 N–H and O–H groups in total. The second kappa shape index (κ2) is 4.78. The van der Waals surface area contributed by atoms with Gasteiger partial charge in [-0.3, -0.25) is 0 Å². The van der Waals surface area contributed by atoms with E-state index in [0.29, 0.717) is 0 Å². The van der Waals surface area contributed by atoms with Crippen molar-refractivity contribution in [3.63, 3.8) is 0 Å². The number of thioether (sulfide) groups is 1. The third kappa shape index (κ3) is 1.94. The number of thiophene rings is 1. The quantitative estimate of drug-likeness (QED) is 0.383. The van der Waals surface area contributed by atoms with Crippen LogP contribution in [0, 0.1) is 3.70 Å². The Kier molecular flexibility index (Phi) is 3.29. The van der Waals surface area contributed by atoms with Crippen molar-refractivity contribution in [2.45, 2.75) is 5.03 Å². The first-order valence-electron chi connectivity index (χ1n) is 5.16. The normalized spacial score (nSPS) is 11.3. The summed E-state index contributed by atoms with van der Waals surface area (Å²) >= 11 is 5.59. The first kappa shape index (κ1) is 12.4. The van der Waals surface area contributed by atoms with Gasteiger partial charge in [-0.25, -0.2) is 15.0 Å². The predicted molar refractivity (Wildman–Crippen MR) is 84.1 cm³/mol. The molecule has 0 spiro atoms. The molecule has 4 nitrogen and oxygen atoms in total. The summed E-state index contributed by atoms with van der Waals surface area (Å²) in [7, 11) is 2.01. The lowest BCUT2D eigenvalue weighted by atomic mass is 10.3. The molecule has 3 heterocycles. The Morgan fingerprint density at radius 2 is 2.17 bits per heavy atom. The van der Waals surface area contributed by atoms with Crippen LogP contribution in [0.5, 0.6) is 0 Å². The average Bonchev–Trinajstić information content (AvgIpc) is 2.92. The standard InChI is InChI=1S/C11H9IN4S2/c1-16-5-15-9(12)8(16)7-3-6-10(17-2)13-4-14-11(6)18-7/h3-5H,1-2H3. The Balaban J connectivity index is 2.26. The molecular formula is C11H9IN4S2. The molecule has 0 aliphatic carbocycles. The van der Waals surface area contributed by atoms with Gasteiger partial charge in [-0.15, -0.1) is 23.1 Å². The molecule has 0 saturated carbocycles. The zero-order chi connectivity index (χ0) is 12.7. The summed E-state index contributed by atoms with van der Waals surface area (Å²) in [6, 6.07) is 2.16. The summed E-state index contributed by atoms with van der Waals surface area (Å²) in [6.07, 6.45) is 5.50. The fourth-order valence-electron chi connectivity index (χ4n) is 1.79. The SMILES string of the molecule is CSc1ncnc2sc(-c3c(I)ncn3C)cc12. The Bertz CT molecular complexity index is 699. The van der Waals surface area contributed by atoms with E-state index in [1.807, 2.05) is 24.2 Å². The molecule has 92 valence electrons. The number of halogens is 1. The lowest BCUT2D eigenvalue weighted by molar-refractivity contribution is 0.923. The largest absolute Gasteiger partial charge is 0.332 e. The maximum atomic E-state index is 4.34. The molecule has 0 aromatic carbocycles. The highest BCUT2D eigenvalue weighted by Crippen LogP contribution is 2.36. The number of fused-ring (bicyclic) bond motifs is 1. The van der Waals surface area contributed by atoms with E-state index in [0.717, 1.165) is 24.6 Å². The van der Waals surface area contributed by atoms with Gasteiger partial charge < -0.3 is 4.57 Å². The van der Waals surface area contributed by atoms with E-state index in [2.05, 4.69) is 43.6 Å². The van der Waals surface area contributed by atoms with Crippen LogP contribution in [0.2, 0.25) is 0 Å². The number of aromatic nitrogens is 4. The minimum atomic E-state index is 1.01. The highest BCUT2D eigenvalue weighted by Gasteiger charge is 2.14.